The van der Waals surface area contributed by atoms with Gasteiger partial charge in [0.15, 0.2) is 5.78 Å². The van der Waals surface area contributed by atoms with E-state index in [2.05, 4.69) is 4.98 Å². The SMILES string of the molecule is CC(C(=O)C(C)(C)c1ccc(Cl)cc1)n1ccnc1. The summed E-state index contributed by atoms with van der Waals surface area (Å²) in [6.07, 6.45) is 5.15. The minimum Gasteiger partial charge on any atom is -0.327 e. The lowest BCUT2D eigenvalue weighted by Gasteiger charge is -2.27. The molecule has 1 atom stereocenters. The summed E-state index contributed by atoms with van der Waals surface area (Å²) >= 11 is 5.89. The summed E-state index contributed by atoms with van der Waals surface area (Å²) in [5.74, 6) is 0.146. The minimum atomic E-state index is -0.561. The highest BCUT2D eigenvalue weighted by Crippen LogP contribution is 2.29. The summed E-state index contributed by atoms with van der Waals surface area (Å²) in [5, 5.41) is 0.676. The highest BCUT2D eigenvalue weighted by atomic mass is 35.5. The molecule has 0 saturated carbocycles. The third kappa shape index (κ3) is 2.71. The van der Waals surface area contributed by atoms with Crippen LogP contribution in [-0.2, 0) is 10.2 Å². The number of ketones is 1. The van der Waals surface area contributed by atoms with Gasteiger partial charge in [0, 0.05) is 17.4 Å². The number of hydrogen-bond acceptors (Lipinski definition) is 2. The van der Waals surface area contributed by atoms with E-state index in [1.54, 1.807) is 18.7 Å². The van der Waals surface area contributed by atoms with Gasteiger partial charge in [-0.2, -0.15) is 0 Å². The van der Waals surface area contributed by atoms with Crippen molar-refractivity contribution in [2.45, 2.75) is 32.2 Å². The monoisotopic (exact) mass is 276 g/mol. The normalized spacial score (nSPS) is 13.3. The van der Waals surface area contributed by atoms with Gasteiger partial charge in [-0.1, -0.05) is 23.7 Å². The van der Waals surface area contributed by atoms with Crippen LogP contribution in [-0.4, -0.2) is 15.3 Å². The molecule has 0 aliphatic carbocycles. The first-order valence-corrected chi connectivity index (χ1v) is 6.58. The Morgan fingerprint density at radius 1 is 1.32 bits per heavy atom. The lowest BCUT2D eigenvalue weighted by Crippen LogP contribution is -2.34. The van der Waals surface area contributed by atoms with Gasteiger partial charge in [-0.15, -0.1) is 0 Å². The van der Waals surface area contributed by atoms with Gasteiger partial charge in [-0.3, -0.25) is 4.79 Å². The predicted octanol–water partition coefficient (Wildman–Crippen LogP) is 3.64. The third-order valence-corrected chi connectivity index (χ3v) is 3.79. The number of rotatable bonds is 4. The highest BCUT2D eigenvalue weighted by Gasteiger charge is 2.33. The van der Waals surface area contributed by atoms with Crippen molar-refractivity contribution in [3.8, 4) is 0 Å². The van der Waals surface area contributed by atoms with E-state index in [9.17, 15) is 4.79 Å². The van der Waals surface area contributed by atoms with E-state index >= 15 is 0 Å². The molecule has 0 saturated heterocycles. The molecule has 1 aromatic carbocycles. The van der Waals surface area contributed by atoms with Crippen LogP contribution in [0.4, 0.5) is 0 Å². The van der Waals surface area contributed by atoms with Gasteiger partial charge in [0.1, 0.15) is 0 Å². The first-order chi connectivity index (χ1) is 8.93. The van der Waals surface area contributed by atoms with Gasteiger partial charge in [0.05, 0.1) is 17.8 Å². The molecule has 0 aliphatic rings. The molecule has 0 radical (unpaired) electrons. The molecule has 4 heteroatoms. The molecule has 0 fully saturated rings. The molecule has 0 aliphatic heterocycles. The number of nitrogens with zero attached hydrogens (tertiary/aromatic N) is 2. The second kappa shape index (κ2) is 5.17. The average molecular weight is 277 g/mol. The van der Waals surface area contributed by atoms with Gasteiger partial charge < -0.3 is 4.57 Å². The predicted molar refractivity (Wildman–Crippen MR) is 76.4 cm³/mol. The molecule has 0 spiro atoms. The van der Waals surface area contributed by atoms with Crippen LogP contribution in [0.25, 0.3) is 0 Å². The number of benzene rings is 1. The summed E-state index contributed by atoms with van der Waals surface area (Å²) in [6, 6.07) is 7.19. The van der Waals surface area contributed by atoms with Crippen LogP contribution in [0.15, 0.2) is 43.0 Å². The van der Waals surface area contributed by atoms with Gasteiger partial charge in [0.2, 0.25) is 0 Å². The topological polar surface area (TPSA) is 34.9 Å². The van der Waals surface area contributed by atoms with Crippen LogP contribution in [0.2, 0.25) is 5.02 Å². The second-order valence-electron chi connectivity index (χ2n) is 5.18. The summed E-state index contributed by atoms with van der Waals surface area (Å²) < 4.78 is 1.82. The zero-order valence-corrected chi connectivity index (χ0v) is 12.1. The van der Waals surface area contributed by atoms with E-state index < -0.39 is 5.41 Å². The Bertz CT molecular complexity index is 558. The molecular formula is C15H17ClN2O. The number of carbonyl (C=O) groups excluding carboxylic acids is 1. The Hall–Kier alpha value is -1.61. The molecular weight excluding hydrogens is 260 g/mol. The molecule has 2 rings (SSSR count). The van der Waals surface area contributed by atoms with Crippen LogP contribution in [0.1, 0.15) is 32.4 Å². The Balaban J connectivity index is 2.28. The number of aromatic nitrogens is 2. The minimum absolute atomic E-state index is 0.146. The zero-order chi connectivity index (χ0) is 14.0. The van der Waals surface area contributed by atoms with Gasteiger partial charge in [-0.05, 0) is 38.5 Å². The van der Waals surface area contributed by atoms with Gasteiger partial charge in [-0.25, -0.2) is 4.98 Å². The quantitative estimate of drug-likeness (QED) is 0.854. The molecule has 0 N–H and O–H groups in total. The lowest BCUT2D eigenvalue weighted by atomic mass is 9.78. The van der Waals surface area contributed by atoms with Crippen molar-refractivity contribution in [3.63, 3.8) is 0 Å². The van der Waals surface area contributed by atoms with Crippen molar-refractivity contribution in [1.82, 2.24) is 9.55 Å². The van der Waals surface area contributed by atoms with E-state index in [-0.39, 0.29) is 11.8 Å². The molecule has 0 bridgehead atoms. The molecule has 1 aromatic heterocycles. The van der Waals surface area contributed by atoms with Gasteiger partial charge in [0.25, 0.3) is 0 Å². The Morgan fingerprint density at radius 3 is 2.47 bits per heavy atom. The highest BCUT2D eigenvalue weighted by molar-refractivity contribution is 6.30. The van der Waals surface area contributed by atoms with Crippen LogP contribution >= 0.6 is 11.6 Å². The first kappa shape index (κ1) is 13.8. The van der Waals surface area contributed by atoms with Crippen molar-refractivity contribution in [3.05, 3.63) is 53.6 Å². The lowest BCUT2D eigenvalue weighted by molar-refractivity contribution is -0.126. The number of Topliss-reactive ketones (excluding diaryl/α,β-unsaturated/α-hetero) is 1. The zero-order valence-electron chi connectivity index (χ0n) is 11.3. The van der Waals surface area contributed by atoms with Gasteiger partial charge >= 0.3 is 0 Å². The Kier molecular flexibility index (Phi) is 3.76. The van der Waals surface area contributed by atoms with E-state index in [0.717, 1.165) is 5.56 Å². The van der Waals surface area contributed by atoms with E-state index in [1.165, 1.54) is 0 Å². The number of halogens is 1. The van der Waals surface area contributed by atoms with Crippen LogP contribution in [0, 0.1) is 0 Å². The van der Waals surface area contributed by atoms with Crippen molar-refractivity contribution >= 4 is 17.4 Å². The summed E-state index contributed by atoms with van der Waals surface area (Å²) in [5.41, 5.74) is 0.405. The molecule has 1 heterocycles. The standard InChI is InChI=1S/C15H17ClN2O/c1-11(18-9-8-17-10-18)14(19)15(2,3)12-4-6-13(16)7-5-12/h4-11H,1-3H3. The average Bonchev–Trinajstić information content (AvgIpc) is 2.91. The number of carbonyl (C=O) groups is 1. The van der Waals surface area contributed by atoms with Crippen LogP contribution < -0.4 is 0 Å². The largest absolute Gasteiger partial charge is 0.327 e. The molecule has 2 aromatic rings. The fraction of sp³-hybridized carbons (Fsp3) is 0.333. The number of hydrogen-bond donors (Lipinski definition) is 0. The van der Waals surface area contributed by atoms with Crippen LogP contribution in [0.5, 0.6) is 0 Å². The number of imidazole rings is 1. The smallest absolute Gasteiger partial charge is 0.165 e. The maximum Gasteiger partial charge on any atom is 0.165 e. The van der Waals surface area contributed by atoms with Crippen molar-refractivity contribution in [2.75, 3.05) is 0 Å². The molecule has 0 amide bonds. The molecule has 19 heavy (non-hydrogen) atoms. The summed E-state index contributed by atoms with van der Waals surface area (Å²) in [4.78, 5) is 16.7. The molecule has 3 nitrogen and oxygen atoms in total. The molecule has 1 unspecified atom stereocenters. The molecule has 100 valence electrons. The Labute approximate surface area is 118 Å². The van der Waals surface area contributed by atoms with E-state index in [0.29, 0.717) is 5.02 Å². The Morgan fingerprint density at radius 2 is 1.95 bits per heavy atom. The maximum absolute atomic E-state index is 12.7. The third-order valence-electron chi connectivity index (χ3n) is 3.53. The summed E-state index contributed by atoms with van der Waals surface area (Å²) in [7, 11) is 0. The van der Waals surface area contributed by atoms with E-state index in [1.807, 2.05) is 49.6 Å². The van der Waals surface area contributed by atoms with Crippen molar-refractivity contribution < 1.29 is 4.79 Å². The maximum atomic E-state index is 12.7. The summed E-state index contributed by atoms with van der Waals surface area (Å²) in [6.45, 7) is 5.76. The van der Waals surface area contributed by atoms with Crippen LogP contribution in [0.3, 0.4) is 0 Å². The fourth-order valence-corrected chi connectivity index (χ4v) is 2.29. The fourth-order valence-electron chi connectivity index (χ4n) is 2.16. The van der Waals surface area contributed by atoms with E-state index in [4.69, 9.17) is 11.6 Å². The second-order valence-corrected chi connectivity index (χ2v) is 5.62. The first-order valence-electron chi connectivity index (χ1n) is 6.20. The van der Waals surface area contributed by atoms with Crippen molar-refractivity contribution in [2.24, 2.45) is 0 Å². The van der Waals surface area contributed by atoms with Crippen molar-refractivity contribution in [1.29, 1.82) is 0 Å².